The average molecular weight is 258 g/mol. The lowest BCUT2D eigenvalue weighted by Gasteiger charge is -2.06. The monoisotopic (exact) mass is 258 g/mol. The van der Waals surface area contributed by atoms with E-state index in [4.69, 9.17) is 18.0 Å². The Labute approximate surface area is 111 Å². The Kier molecular flexibility index (Phi) is 4.20. The summed E-state index contributed by atoms with van der Waals surface area (Å²) in [7, 11) is 0. The fourth-order valence-electron chi connectivity index (χ4n) is 1.55. The van der Waals surface area contributed by atoms with Crippen LogP contribution in [0.1, 0.15) is 11.3 Å². The molecule has 0 aliphatic heterocycles. The van der Waals surface area contributed by atoms with Gasteiger partial charge in [-0.15, -0.1) is 0 Å². The minimum Gasteiger partial charge on any atom is -0.388 e. The molecule has 0 bridgehead atoms. The molecule has 0 aromatic carbocycles. The van der Waals surface area contributed by atoms with E-state index in [0.717, 1.165) is 18.8 Å². The molecule has 18 heavy (non-hydrogen) atoms. The zero-order chi connectivity index (χ0) is 12.8. The number of thiocarbonyl (C=S) groups is 1. The van der Waals surface area contributed by atoms with E-state index < -0.39 is 0 Å². The molecular formula is C13H14N4S. The van der Waals surface area contributed by atoms with Crippen LogP contribution in [0.3, 0.4) is 0 Å². The van der Waals surface area contributed by atoms with Crippen molar-refractivity contribution in [3.63, 3.8) is 0 Å². The molecule has 92 valence electrons. The van der Waals surface area contributed by atoms with Crippen LogP contribution in [-0.2, 0) is 6.42 Å². The van der Waals surface area contributed by atoms with E-state index in [1.807, 2.05) is 24.3 Å². The van der Waals surface area contributed by atoms with Gasteiger partial charge in [0.15, 0.2) is 0 Å². The lowest BCUT2D eigenvalue weighted by molar-refractivity contribution is 0.999. The summed E-state index contributed by atoms with van der Waals surface area (Å²) in [4.78, 5) is 8.61. The fraction of sp³-hybridized carbons (Fsp3) is 0.154. The van der Waals surface area contributed by atoms with Crippen LogP contribution < -0.4 is 11.1 Å². The molecule has 2 rings (SSSR count). The molecule has 2 aromatic heterocycles. The Balaban J connectivity index is 1.90. The van der Waals surface area contributed by atoms with Gasteiger partial charge in [0, 0.05) is 18.9 Å². The highest BCUT2D eigenvalue weighted by Gasteiger charge is 1.99. The molecule has 2 heterocycles. The highest BCUT2D eigenvalue weighted by atomic mass is 32.1. The molecule has 0 aliphatic rings. The zero-order valence-electron chi connectivity index (χ0n) is 9.84. The van der Waals surface area contributed by atoms with E-state index in [1.54, 1.807) is 18.5 Å². The fourth-order valence-corrected chi connectivity index (χ4v) is 1.67. The maximum absolute atomic E-state index is 5.54. The van der Waals surface area contributed by atoms with Gasteiger partial charge in [-0.1, -0.05) is 18.3 Å². The van der Waals surface area contributed by atoms with E-state index in [1.165, 1.54) is 5.56 Å². The largest absolute Gasteiger partial charge is 0.388 e. The van der Waals surface area contributed by atoms with Gasteiger partial charge < -0.3 is 11.1 Å². The molecule has 0 saturated carbocycles. The van der Waals surface area contributed by atoms with Gasteiger partial charge in [-0.05, 0) is 36.2 Å². The Bertz CT molecular complexity index is 528. The molecule has 0 spiro atoms. The van der Waals surface area contributed by atoms with Crippen molar-refractivity contribution in [2.75, 3.05) is 11.9 Å². The smallest absolute Gasteiger partial charge is 0.126 e. The van der Waals surface area contributed by atoms with Gasteiger partial charge in [-0.25, -0.2) is 4.98 Å². The molecule has 3 N–H and O–H groups in total. The van der Waals surface area contributed by atoms with Crippen molar-refractivity contribution in [2.45, 2.75) is 6.42 Å². The van der Waals surface area contributed by atoms with Crippen LogP contribution in [0, 0.1) is 0 Å². The van der Waals surface area contributed by atoms with E-state index in [-0.39, 0.29) is 0 Å². The maximum atomic E-state index is 5.54. The van der Waals surface area contributed by atoms with Gasteiger partial charge in [0.25, 0.3) is 0 Å². The molecule has 0 radical (unpaired) electrons. The maximum Gasteiger partial charge on any atom is 0.126 e. The van der Waals surface area contributed by atoms with Gasteiger partial charge in [-0.3, -0.25) is 4.98 Å². The van der Waals surface area contributed by atoms with Crippen LogP contribution in [0.15, 0.2) is 42.7 Å². The van der Waals surface area contributed by atoms with E-state index >= 15 is 0 Å². The van der Waals surface area contributed by atoms with Crippen molar-refractivity contribution >= 4 is 23.0 Å². The zero-order valence-corrected chi connectivity index (χ0v) is 10.7. The second kappa shape index (κ2) is 6.07. The normalized spacial score (nSPS) is 10.0. The lowest BCUT2D eigenvalue weighted by atomic mass is 10.2. The Morgan fingerprint density at radius 2 is 2.00 bits per heavy atom. The van der Waals surface area contributed by atoms with Crippen LogP contribution in [0.4, 0.5) is 5.82 Å². The number of nitrogens with one attached hydrogen (secondary N) is 1. The van der Waals surface area contributed by atoms with Crippen LogP contribution in [0.5, 0.6) is 0 Å². The van der Waals surface area contributed by atoms with Gasteiger partial charge >= 0.3 is 0 Å². The number of aromatic nitrogens is 2. The number of nitrogens with two attached hydrogens (primary N) is 1. The van der Waals surface area contributed by atoms with Crippen LogP contribution in [-0.4, -0.2) is 21.5 Å². The van der Waals surface area contributed by atoms with E-state index in [0.29, 0.717) is 10.7 Å². The third kappa shape index (κ3) is 3.49. The first-order valence-electron chi connectivity index (χ1n) is 5.65. The van der Waals surface area contributed by atoms with E-state index in [2.05, 4.69) is 15.3 Å². The molecule has 0 atom stereocenters. The molecule has 4 nitrogen and oxygen atoms in total. The van der Waals surface area contributed by atoms with Crippen molar-refractivity contribution < 1.29 is 0 Å². The lowest BCUT2D eigenvalue weighted by Crippen LogP contribution is -2.13. The van der Waals surface area contributed by atoms with Crippen molar-refractivity contribution in [3.8, 4) is 0 Å². The molecule has 2 aromatic rings. The molecule has 0 aliphatic carbocycles. The second-order valence-electron chi connectivity index (χ2n) is 3.80. The number of hydrogen-bond donors (Lipinski definition) is 2. The summed E-state index contributed by atoms with van der Waals surface area (Å²) in [6.45, 7) is 0.803. The topological polar surface area (TPSA) is 63.8 Å². The number of pyridine rings is 2. The van der Waals surface area contributed by atoms with Crippen LogP contribution in [0.2, 0.25) is 0 Å². The Morgan fingerprint density at radius 1 is 1.22 bits per heavy atom. The Morgan fingerprint density at radius 3 is 2.72 bits per heavy atom. The number of hydrogen-bond acceptors (Lipinski definition) is 4. The first-order chi connectivity index (χ1) is 8.75. The van der Waals surface area contributed by atoms with Crippen LogP contribution >= 0.6 is 12.2 Å². The second-order valence-corrected chi connectivity index (χ2v) is 4.24. The molecule has 0 fully saturated rings. The predicted octanol–water partition coefficient (Wildman–Crippen LogP) is 1.77. The van der Waals surface area contributed by atoms with E-state index in [9.17, 15) is 0 Å². The molecular weight excluding hydrogens is 244 g/mol. The summed E-state index contributed by atoms with van der Waals surface area (Å²) in [5.74, 6) is 0.786. The van der Waals surface area contributed by atoms with Crippen molar-refractivity contribution in [1.82, 2.24) is 9.97 Å². The number of nitrogens with zero attached hydrogens (tertiary/aromatic N) is 2. The molecule has 0 saturated heterocycles. The Hall–Kier alpha value is -2.01. The average Bonchev–Trinajstić information content (AvgIpc) is 2.40. The summed E-state index contributed by atoms with van der Waals surface area (Å²) in [6, 6.07) is 9.59. The summed E-state index contributed by atoms with van der Waals surface area (Å²) in [6.07, 6.45) is 4.50. The van der Waals surface area contributed by atoms with Crippen molar-refractivity contribution in [3.05, 3.63) is 54.0 Å². The molecule has 0 unspecified atom stereocenters. The van der Waals surface area contributed by atoms with Gasteiger partial charge in [0.05, 0.1) is 5.69 Å². The summed E-state index contributed by atoms with van der Waals surface area (Å²) in [5.41, 5.74) is 7.41. The quantitative estimate of drug-likeness (QED) is 0.800. The summed E-state index contributed by atoms with van der Waals surface area (Å²) < 4.78 is 0. The highest BCUT2D eigenvalue weighted by Crippen LogP contribution is 2.05. The standard InChI is InChI=1S/C13H14N4S/c14-13(18)11-2-1-3-12(17-11)16-9-6-10-4-7-15-8-5-10/h1-5,7-8H,6,9H2,(H2,14,18)(H,16,17). The first kappa shape index (κ1) is 12.4. The molecule has 0 amide bonds. The highest BCUT2D eigenvalue weighted by molar-refractivity contribution is 7.80. The number of rotatable bonds is 5. The van der Waals surface area contributed by atoms with Gasteiger partial charge in [0.1, 0.15) is 10.8 Å². The predicted molar refractivity (Wildman–Crippen MR) is 76.6 cm³/mol. The van der Waals surface area contributed by atoms with Gasteiger partial charge in [0.2, 0.25) is 0 Å². The van der Waals surface area contributed by atoms with Crippen molar-refractivity contribution in [1.29, 1.82) is 0 Å². The third-order valence-corrected chi connectivity index (χ3v) is 2.68. The van der Waals surface area contributed by atoms with Crippen molar-refractivity contribution in [2.24, 2.45) is 5.73 Å². The summed E-state index contributed by atoms with van der Waals surface area (Å²) >= 11 is 4.89. The molecule has 5 heteroatoms. The van der Waals surface area contributed by atoms with Gasteiger partial charge in [-0.2, -0.15) is 0 Å². The minimum absolute atomic E-state index is 0.313. The number of anilines is 1. The third-order valence-electron chi connectivity index (χ3n) is 2.47. The minimum atomic E-state index is 0.313. The summed E-state index contributed by atoms with van der Waals surface area (Å²) in [5, 5.41) is 3.24. The SMILES string of the molecule is NC(=S)c1cccc(NCCc2ccncc2)n1. The van der Waals surface area contributed by atoms with Crippen LogP contribution in [0.25, 0.3) is 0 Å². The first-order valence-corrected chi connectivity index (χ1v) is 6.06.